The number of nitrogens with two attached hydrogens (primary N) is 1. The van der Waals surface area contributed by atoms with Gasteiger partial charge in [-0.1, -0.05) is 12.1 Å². The fourth-order valence-electron chi connectivity index (χ4n) is 2.89. The number of hydrogen-bond acceptors (Lipinski definition) is 5. The molecule has 27 heavy (non-hydrogen) atoms. The third-order valence-corrected chi connectivity index (χ3v) is 5.39. The predicted octanol–water partition coefficient (Wildman–Crippen LogP) is 3.48. The highest BCUT2D eigenvalue weighted by atomic mass is 32.1. The molecule has 0 spiro atoms. The number of carbonyl (C=O) groups excluding carboxylic acids is 1. The summed E-state index contributed by atoms with van der Waals surface area (Å²) in [6.45, 7) is 4.19. The average Bonchev–Trinajstić information content (AvgIpc) is 3.28. The Balaban J connectivity index is 1.64. The number of carbonyl (C=O) groups is 1. The molecule has 1 amide bonds. The number of amides is 1. The van der Waals surface area contributed by atoms with Crippen molar-refractivity contribution in [1.82, 2.24) is 9.97 Å². The second-order valence-electron chi connectivity index (χ2n) is 6.46. The molecule has 3 rings (SSSR count). The Labute approximate surface area is 162 Å². The molecule has 0 bridgehead atoms. The average molecular weight is 385 g/mol. The zero-order valence-corrected chi connectivity index (χ0v) is 16.1. The number of thiophene rings is 1. The summed E-state index contributed by atoms with van der Waals surface area (Å²) in [4.78, 5) is 20.8. The molecule has 3 aromatic rings. The number of aliphatic hydroxyl groups excluding tert-OH is 1. The van der Waals surface area contributed by atoms with Crippen molar-refractivity contribution in [2.75, 3.05) is 6.61 Å². The molecule has 7 heteroatoms. The first-order chi connectivity index (χ1) is 12.9. The molecule has 1 aromatic carbocycles. The van der Waals surface area contributed by atoms with Crippen LogP contribution in [0.25, 0.3) is 10.4 Å². The summed E-state index contributed by atoms with van der Waals surface area (Å²) in [6, 6.07) is 12.2. The second kappa shape index (κ2) is 8.37. The van der Waals surface area contributed by atoms with Gasteiger partial charge < -0.3 is 20.6 Å². The Morgan fingerprint density at radius 2 is 2.19 bits per heavy atom. The monoisotopic (exact) mass is 385 g/mol. The van der Waals surface area contributed by atoms with Gasteiger partial charge in [-0.25, -0.2) is 4.98 Å². The Hall–Kier alpha value is -2.64. The molecule has 2 heterocycles. The Bertz CT molecular complexity index is 917. The minimum Gasteiger partial charge on any atom is -0.494 e. The van der Waals surface area contributed by atoms with Crippen LogP contribution in [0.5, 0.6) is 5.75 Å². The summed E-state index contributed by atoms with van der Waals surface area (Å²) in [5.74, 6) is 0.435. The number of aromatic nitrogens is 2. The van der Waals surface area contributed by atoms with Crippen LogP contribution in [0.1, 0.15) is 40.5 Å². The highest BCUT2D eigenvalue weighted by molar-refractivity contribution is 7.15. The number of aliphatic hydroxyl groups is 1. The lowest BCUT2D eigenvalue weighted by atomic mass is 9.99. The van der Waals surface area contributed by atoms with Crippen LogP contribution < -0.4 is 10.5 Å². The number of hydrogen-bond donors (Lipinski definition) is 3. The van der Waals surface area contributed by atoms with E-state index in [-0.39, 0.29) is 11.6 Å². The number of H-pyrrole nitrogens is 1. The number of primary amides is 1. The molecule has 4 N–H and O–H groups in total. The molecular formula is C20H23N3O3S. The largest absolute Gasteiger partial charge is 0.494 e. The number of aromatic amines is 1. The third kappa shape index (κ3) is 4.75. The zero-order chi connectivity index (χ0) is 19.4. The maximum absolute atomic E-state index is 11.2. The highest BCUT2D eigenvalue weighted by Crippen LogP contribution is 2.30. The first kappa shape index (κ1) is 19.1. The number of aryl methyl sites for hydroxylation is 1. The van der Waals surface area contributed by atoms with Crippen molar-refractivity contribution in [2.45, 2.75) is 32.3 Å². The highest BCUT2D eigenvalue weighted by Gasteiger charge is 2.22. The van der Waals surface area contributed by atoms with Gasteiger partial charge in [-0.3, -0.25) is 4.79 Å². The summed E-state index contributed by atoms with van der Waals surface area (Å²) < 4.78 is 5.89. The van der Waals surface area contributed by atoms with Gasteiger partial charge in [0.1, 0.15) is 17.3 Å². The van der Waals surface area contributed by atoms with E-state index >= 15 is 0 Å². The van der Waals surface area contributed by atoms with E-state index in [0.29, 0.717) is 18.9 Å². The number of imidazole rings is 1. The van der Waals surface area contributed by atoms with Crippen molar-refractivity contribution in [1.29, 1.82) is 0 Å². The van der Waals surface area contributed by atoms with Gasteiger partial charge in [-0.2, -0.15) is 0 Å². The number of nitrogens with one attached hydrogen (secondary N) is 1. The number of benzene rings is 1. The molecule has 0 fully saturated rings. The molecule has 0 saturated heterocycles. The third-order valence-electron chi connectivity index (χ3n) is 4.34. The first-order valence-electron chi connectivity index (χ1n) is 8.77. The van der Waals surface area contributed by atoms with Gasteiger partial charge in [-0.05, 0) is 50.1 Å². The van der Waals surface area contributed by atoms with Crippen molar-refractivity contribution in [3.63, 3.8) is 0 Å². The topological polar surface area (TPSA) is 101 Å². The van der Waals surface area contributed by atoms with Crippen LogP contribution in [0.3, 0.4) is 0 Å². The van der Waals surface area contributed by atoms with Crippen molar-refractivity contribution in [2.24, 2.45) is 5.73 Å². The summed E-state index contributed by atoms with van der Waals surface area (Å²) in [5, 5.41) is 10.1. The normalized spacial score (nSPS) is 13.3. The minimum atomic E-state index is -0.638. The first-order valence-corrected chi connectivity index (χ1v) is 9.58. The molecule has 0 aliphatic rings. The van der Waals surface area contributed by atoms with Crippen LogP contribution in [0.2, 0.25) is 0 Å². The van der Waals surface area contributed by atoms with E-state index in [9.17, 15) is 9.90 Å². The fraction of sp³-hybridized carbons (Fsp3) is 0.300. The van der Waals surface area contributed by atoms with Crippen LogP contribution in [0, 0.1) is 6.92 Å². The molecule has 142 valence electrons. The Kier molecular flexibility index (Phi) is 5.93. The van der Waals surface area contributed by atoms with Crippen LogP contribution in [-0.2, 0) is 0 Å². The second-order valence-corrected chi connectivity index (χ2v) is 7.75. The minimum absolute atomic E-state index is 0.163. The number of rotatable bonds is 8. The molecule has 6 nitrogen and oxygen atoms in total. The zero-order valence-electron chi connectivity index (χ0n) is 15.3. The van der Waals surface area contributed by atoms with Gasteiger partial charge >= 0.3 is 0 Å². The lowest BCUT2D eigenvalue weighted by Gasteiger charge is -2.18. The molecule has 0 aliphatic heterocycles. The van der Waals surface area contributed by atoms with E-state index in [1.54, 1.807) is 18.3 Å². The fourth-order valence-corrected chi connectivity index (χ4v) is 3.76. The molecular weight excluding hydrogens is 362 g/mol. The Morgan fingerprint density at radius 1 is 1.37 bits per heavy atom. The van der Waals surface area contributed by atoms with E-state index in [1.807, 2.05) is 18.2 Å². The molecule has 0 saturated carbocycles. The maximum Gasteiger partial charge on any atom is 0.268 e. The maximum atomic E-state index is 11.2. The summed E-state index contributed by atoms with van der Waals surface area (Å²) in [7, 11) is 0. The smallest absolute Gasteiger partial charge is 0.268 e. The van der Waals surface area contributed by atoms with E-state index in [1.165, 1.54) is 16.0 Å². The lowest BCUT2D eigenvalue weighted by Crippen LogP contribution is -2.19. The van der Waals surface area contributed by atoms with Crippen molar-refractivity contribution in [3.05, 3.63) is 59.0 Å². The predicted molar refractivity (Wildman–Crippen MR) is 106 cm³/mol. The molecule has 0 unspecified atom stereocenters. The van der Waals surface area contributed by atoms with E-state index < -0.39 is 12.0 Å². The molecule has 2 aromatic heterocycles. The number of nitrogens with zero attached hydrogens (tertiary/aromatic N) is 1. The summed E-state index contributed by atoms with van der Waals surface area (Å²) in [6.07, 6.45) is 1.37. The van der Waals surface area contributed by atoms with Gasteiger partial charge in [0, 0.05) is 21.9 Å². The SMILES string of the molecule is Cc1ccc(-c2cccc(OCC[C@H](c3nc(C(N)=O)c[nH]3)[C@H](C)O)c2)s1. The lowest BCUT2D eigenvalue weighted by molar-refractivity contribution is 0.0995. The Morgan fingerprint density at radius 3 is 2.81 bits per heavy atom. The van der Waals surface area contributed by atoms with Gasteiger partial charge in [0.05, 0.1) is 12.7 Å². The van der Waals surface area contributed by atoms with E-state index in [4.69, 9.17) is 10.5 Å². The number of ether oxygens (including phenoxy) is 1. The summed E-state index contributed by atoms with van der Waals surface area (Å²) in [5.41, 5.74) is 6.52. The van der Waals surface area contributed by atoms with Crippen LogP contribution in [0.15, 0.2) is 42.6 Å². The van der Waals surface area contributed by atoms with Crippen LogP contribution in [-0.4, -0.2) is 33.7 Å². The standard InChI is InChI=1S/C20H23N3O3S/c1-12-6-7-18(27-12)14-4-3-5-15(10-14)26-9-8-16(13(2)24)20-22-11-17(23-20)19(21)25/h3-7,10-11,13,16,24H,8-9H2,1-2H3,(H2,21,25)(H,22,23)/t13-,16-/m0/s1. The van der Waals surface area contributed by atoms with E-state index in [2.05, 4.69) is 35.1 Å². The quantitative estimate of drug-likeness (QED) is 0.552. The van der Waals surface area contributed by atoms with Crippen molar-refractivity contribution in [3.8, 4) is 16.2 Å². The van der Waals surface area contributed by atoms with Gasteiger partial charge in [0.2, 0.25) is 0 Å². The van der Waals surface area contributed by atoms with Gasteiger partial charge in [-0.15, -0.1) is 11.3 Å². The summed E-state index contributed by atoms with van der Waals surface area (Å²) >= 11 is 1.75. The van der Waals surface area contributed by atoms with Crippen LogP contribution in [0.4, 0.5) is 0 Å². The van der Waals surface area contributed by atoms with Gasteiger partial charge in [0.25, 0.3) is 5.91 Å². The van der Waals surface area contributed by atoms with Gasteiger partial charge in [0.15, 0.2) is 0 Å². The van der Waals surface area contributed by atoms with Crippen molar-refractivity contribution >= 4 is 17.2 Å². The van der Waals surface area contributed by atoms with Crippen molar-refractivity contribution < 1.29 is 14.6 Å². The molecule has 0 aliphatic carbocycles. The molecule has 2 atom stereocenters. The van der Waals surface area contributed by atoms with Crippen LogP contribution >= 0.6 is 11.3 Å². The van der Waals surface area contributed by atoms with E-state index in [0.717, 1.165) is 11.3 Å². The molecule has 0 radical (unpaired) electrons.